The zero-order valence-corrected chi connectivity index (χ0v) is 12.8. The summed E-state index contributed by atoms with van der Waals surface area (Å²) in [5, 5.41) is 13.7. The predicted octanol–water partition coefficient (Wildman–Crippen LogP) is 0.313. The van der Waals surface area contributed by atoms with E-state index in [-0.39, 0.29) is 16.8 Å². The van der Waals surface area contributed by atoms with E-state index in [0.717, 1.165) is 6.42 Å². The average molecular weight is 302 g/mol. The zero-order chi connectivity index (χ0) is 15.1. The van der Waals surface area contributed by atoms with Crippen LogP contribution < -0.4 is 10.5 Å². The van der Waals surface area contributed by atoms with E-state index in [1.54, 1.807) is 0 Å². The molecule has 0 aliphatic heterocycles. The van der Waals surface area contributed by atoms with Gasteiger partial charge in [0.25, 0.3) is 0 Å². The maximum Gasteiger partial charge on any atom is 0.246 e. The van der Waals surface area contributed by atoms with Crippen molar-refractivity contribution in [3.63, 3.8) is 0 Å². The summed E-state index contributed by atoms with van der Waals surface area (Å²) in [4.78, 5) is 0.00291. The van der Waals surface area contributed by atoms with Crippen LogP contribution in [-0.2, 0) is 16.6 Å². The van der Waals surface area contributed by atoms with E-state index in [4.69, 9.17) is 5.73 Å². The van der Waals surface area contributed by atoms with Crippen LogP contribution >= 0.6 is 0 Å². The number of hydrogen-bond donors (Lipinski definition) is 3. The van der Waals surface area contributed by atoms with Gasteiger partial charge in [0.15, 0.2) is 5.82 Å². The Morgan fingerprint density at radius 2 is 2.25 bits per heavy atom. The Labute approximate surface area is 119 Å². The van der Waals surface area contributed by atoms with Crippen LogP contribution in [0.2, 0.25) is 0 Å². The summed E-state index contributed by atoms with van der Waals surface area (Å²) < 4.78 is 28.8. The van der Waals surface area contributed by atoms with E-state index in [2.05, 4.69) is 9.82 Å². The number of nitrogens with two attached hydrogens (primary N) is 1. The molecule has 1 aromatic rings. The molecule has 1 heterocycles. The van der Waals surface area contributed by atoms with Crippen LogP contribution in [0.4, 0.5) is 5.82 Å². The number of hydrogen-bond acceptors (Lipinski definition) is 5. The number of aryl methyl sites for hydroxylation is 1. The summed E-state index contributed by atoms with van der Waals surface area (Å²) >= 11 is 0. The third-order valence-corrected chi connectivity index (χ3v) is 5.50. The number of anilines is 1. The molecule has 0 saturated heterocycles. The molecular weight excluding hydrogens is 280 g/mol. The summed E-state index contributed by atoms with van der Waals surface area (Å²) in [7, 11) is -3.71. The van der Waals surface area contributed by atoms with Gasteiger partial charge >= 0.3 is 0 Å². The Bertz CT molecular complexity index is 594. The summed E-state index contributed by atoms with van der Waals surface area (Å²) in [6, 6.07) is -0.295. The predicted molar refractivity (Wildman–Crippen MR) is 75.4 cm³/mol. The largest absolute Gasteiger partial charge is 0.392 e. The van der Waals surface area contributed by atoms with Gasteiger partial charge in [-0.3, -0.25) is 4.68 Å². The van der Waals surface area contributed by atoms with Gasteiger partial charge in [0.05, 0.1) is 6.10 Å². The van der Waals surface area contributed by atoms with Crippen molar-refractivity contribution in [1.29, 1.82) is 0 Å². The number of nitrogen functional groups attached to an aromatic ring is 1. The fourth-order valence-corrected chi connectivity index (χ4v) is 3.80. The minimum Gasteiger partial charge on any atom is -0.392 e. The molecule has 1 aromatic heterocycles. The van der Waals surface area contributed by atoms with Gasteiger partial charge in [0, 0.05) is 24.2 Å². The first-order valence-electron chi connectivity index (χ1n) is 6.71. The second-order valence-corrected chi connectivity index (χ2v) is 7.57. The van der Waals surface area contributed by atoms with Crippen LogP contribution in [0.1, 0.15) is 33.6 Å². The van der Waals surface area contributed by atoms with E-state index < -0.39 is 21.5 Å². The molecule has 2 unspecified atom stereocenters. The molecule has 1 saturated carbocycles. The molecule has 0 bridgehead atoms. The lowest BCUT2D eigenvalue weighted by Crippen LogP contribution is -2.61. The number of sulfonamides is 1. The Balaban J connectivity index is 2.19. The second-order valence-electron chi connectivity index (χ2n) is 5.89. The number of aliphatic hydroxyl groups is 1. The van der Waals surface area contributed by atoms with Gasteiger partial charge in [-0.25, -0.2) is 13.1 Å². The molecule has 0 radical (unpaired) electrons. The molecule has 20 heavy (non-hydrogen) atoms. The van der Waals surface area contributed by atoms with Gasteiger partial charge in [-0.2, -0.15) is 5.10 Å². The van der Waals surface area contributed by atoms with Crippen molar-refractivity contribution in [3.05, 3.63) is 6.20 Å². The first-order chi connectivity index (χ1) is 9.18. The Morgan fingerprint density at radius 3 is 2.75 bits per heavy atom. The highest BCUT2D eigenvalue weighted by atomic mass is 32.2. The standard InChI is InChI=1S/C12H22N4O3S/c1-4-5-16-7-8(11(13)14-16)20(18,19)15-9-6-10(17)12(9,2)3/h7,9-10,15,17H,4-6H2,1-3H3,(H2,13,14). The molecule has 2 rings (SSSR count). The molecule has 0 amide bonds. The molecule has 8 heteroatoms. The van der Waals surface area contributed by atoms with E-state index in [9.17, 15) is 13.5 Å². The van der Waals surface area contributed by atoms with Gasteiger partial charge in [-0.1, -0.05) is 20.8 Å². The fourth-order valence-electron chi connectivity index (χ4n) is 2.32. The molecule has 4 N–H and O–H groups in total. The Hall–Kier alpha value is -1.12. The van der Waals surface area contributed by atoms with Crippen molar-refractivity contribution in [1.82, 2.24) is 14.5 Å². The molecule has 114 valence electrons. The van der Waals surface area contributed by atoms with Crippen LogP contribution in [0.5, 0.6) is 0 Å². The third kappa shape index (κ3) is 2.55. The van der Waals surface area contributed by atoms with Crippen LogP contribution in [0.25, 0.3) is 0 Å². The van der Waals surface area contributed by atoms with Crippen molar-refractivity contribution >= 4 is 15.8 Å². The molecule has 1 aliphatic rings. The normalized spacial score (nSPS) is 25.4. The van der Waals surface area contributed by atoms with Crippen molar-refractivity contribution in [3.8, 4) is 0 Å². The Kier molecular flexibility index (Phi) is 3.83. The van der Waals surface area contributed by atoms with Crippen molar-refractivity contribution in [2.75, 3.05) is 5.73 Å². The van der Waals surface area contributed by atoms with Gasteiger partial charge in [0.2, 0.25) is 10.0 Å². The number of nitrogens with one attached hydrogen (secondary N) is 1. The summed E-state index contributed by atoms with van der Waals surface area (Å²) in [6.07, 6.45) is 2.21. The molecule has 2 atom stereocenters. The highest BCUT2D eigenvalue weighted by Gasteiger charge is 2.49. The first-order valence-corrected chi connectivity index (χ1v) is 8.20. The summed E-state index contributed by atoms with van der Waals surface area (Å²) in [5.74, 6) is 0.00336. The average Bonchev–Trinajstić information content (AvgIpc) is 2.71. The number of nitrogens with zero attached hydrogens (tertiary/aromatic N) is 2. The van der Waals surface area contributed by atoms with E-state index in [1.807, 2.05) is 20.8 Å². The van der Waals surface area contributed by atoms with Crippen LogP contribution in [0.15, 0.2) is 11.1 Å². The van der Waals surface area contributed by atoms with Gasteiger partial charge in [-0.05, 0) is 12.8 Å². The minimum absolute atomic E-state index is 0.00291. The number of aliphatic hydroxyl groups excluding tert-OH is 1. The molecule has 0 spiro atoms. The molecular formula is C12H22N4O3S. The fraction of sp³-hybridized carbons (Fsp3) is 0.750. The number of rotatable bonds is 5. The topological polar surface area (TPSA) is 110 Å². The summed E-state index contributed by atoms with van der Waals surface area (Å²) in [5.41, 5.74) is 5.22. The van der Waals surface area contributed by atoms with Crippen molar-refractivity contribution < 1.29 is 13.5 Å². The number of aromatic nitrogens is 2. The first kappa shape index (κ1) is 15.3. The van der Waals surface area contributed by atoms with Crippen LogP contribution in [-0.4, -0.2) is 35.5 Å². The Morgan fingerprint density at radius 1 is 1.60 bits per heavy atom. The third-order valence-electron chi connectivity index (χ3n) is 4.01. The van der Waals surface area contributed by atoms with Gasteiger partial charge in [0.1, 0.15) is 4.90 Å². The minimum atomic E-state index is -3.71. The van der Waals surface area contributed by atoms with E-state index in [0.29, 0.717) is 13.0 Å². The van der Waals surface area contributed by atoms with Gasteiger partial charge in [-0.15, -0.1) is 0 Å². The maximum atomic E-state index is 12.3. The second kappa shape index (κ2) is 5.01. The van der Waals surface area contributed by atoms with Crippen LogP contribution in [0.3, 0.4) is 0 Å². The van der Waals surface area contributed by atoms with Gasteiger partial charge < -0.3 is 10.8 Å². The lowest BCUT2D eigenvalue weighted by Gasteiger charge is -2.49. The lowest BCUT2D eigenvalue weighted by molar-refractivity contribution is -0.0645. The summed E-state index contributed by atoms with van der Waals surface area (Å²) in [6.45, 7) is 6.26. The molecule has 7 nitrogen and oxygen atoms in total. The highest BCUT2D eigenvalue weighted by Crippen LogP contribution is 2.41. The monoisotopic (exact) mass is 302 g/mol. The van der Waals surface area contributed by atoms with Crippen LogP contribution in [0, 0.1) is 5.41 Å². The smallest absolute Gasteiger partial charge is 0.246 e. The SMILES string of the molecule is CCCn1cc(S(=O)(=O)NC2CC(O)C2(C)C)c(N)n1. The molecule has 1 fully saturated rings. The van der Waals surface area contributed by atoms with E-state index in [1.165, 1.54) is 10.9 Å². The quantitative estimate of drug-likeness (QED) is 0.725. The molecule has 0 aromatic carbocycles. The lowest BCUT2D eigenvalue weighted by atomic mass is 9.65. The molecule has 1 aliphatic carbocycles. The maximum absolute atomic E-state index is 12.3. The zero-order valence-electron chi connectivity index (χ0n) is 12.0. The van der Waals surface area contributed by atoms with Crippen molar-refractivity contribution in [2.24, 2.45) is 5.41 Å². The van der Waals surface area contributed by atoms with Crippen molar-refractivity contribution in [2.45, 2.75) is 57.2 Å². The van der Waals surface area contributed by atoms with E-state index >= 15 is 0 Å². The highest BCUT2D eigenvalue weighted by molar-refractivity contribution is 7.89.